The van der Waals surface area contributed by atoms with Gasteiger partial charge in [0.15, 0.2) is 0 Å². The molecule has 0 amide bonds. The van der Waals surface area contributed by atoms with Gasteiger partial charge in [0.05, 0.1) is 6.04 Å². The molecule has 0 spiro atoms. The van der Waals surface area contributed by atoms with E-state index in [0.29, 0.717) is 5.56 Å². The van der Waals surface area contributed by atoms with E-state index in [1.807, 2.05) is 0 Å². The van der Waals surface area contributed by atoms with E-state index in [-0.39, 0.29) is 12.2 Å². The highest BCUT2D eigenvalue weighted by Gasteiger charge is 2.31. The van der Waals surface area contributed by atoms with E-state index < -0.39 is 12.0 Å². The molecule has 0 aliphatic rings. The fraction of sp³-hybridized carbons (Fsp3) is 0.400. The van der Waals surface area contributed by atoms with Crippen molar-refractivity contribution in [1.29, 1.82) is 0 Å². The second-order valence-corrected chi connectivity index (χ2v) is 3.40. The first-order valence-corrected chi connectivity index (χ1v) is 4.31. The number of alkyl halides is 2. The summed E-state index contributed by atoms with van der Waals surface area (Å²) in [5.74, 6) is -2.92. The summed E-state index contributed by atoms with van der Waals surface area (Å²) in [6, 6.07) is 5.08. The lowest BCUT2D eigenvalue weighted by Crippen LogP contribution is -2.40. The van der Waals surface area contributed by atoms with Crippen LogP contribution in [0.5, 0.6) is 5.75 Å². The average molecular weight is 201 g/mol. The van der Waals surface area contributed by atoms with Crippen LogP contribution < -0.4 is 5.73 Å². The molecule has 0 aromatic heterocycles. The van der Waals surface area contributed by atoms with Gasteiger partial charge in [0, 0.05) is 6.92 Å². The first-order valence-electron chi connectivity index (χ1n) is 4.31. The van der Waals surface area contributed by atoms with E-state index in [1.165, 1.54) is 6.07 Å². The summed E-state index contributed by atoms with van der Waals surface area (Å²) in [6.45, 7) is 0.775. The second kappa shape index (κ2) is 3.92. The lowest BCUT2D eigenvalue weighted by atomic mass is 10.0. The second-order valence-electron chi connectivity index (χ2n) is 3.40. The fourth-order valence-corrected chi connectivity index (χ4v) is 1.10. The number of nitrogens with two attached hydrogens (primary N) is 1. The number of halogens is 2. The third-order valence-electron chi connectivity index (χ3n) is 2.08. The van der Waals surface area contributed by atoms with Gasteiger partial charge in [-0.15, -0.1) is 0 Å². The molecule has 0 saturated carbocycles. The van der Waals surface area contributed by atoms with E-state index in [0.717, 1.165) is 6.92 Å². The molecule has 0 fully saturated rings. The lowest BCUT2D eigenvalue weighted by molar-refractivity contribution is -0.00524. The molecule has 1 rings (SSSR count). The lowest BCUT2D eigenvalue weighted by Gasteiger charge is -2.19. The summed E-state index contributed by atoms with van der Waals surface area (Å²) < 4.78 is 25.5. The molecule has 78 valence electrons. The predicted octanol–water partition coefficient (Wildman–Crippen LogP) is 1.92. The number of hydrogen-bond donors (Lipinski definition) is 2. The van der Waals surface area contributed by atoms with Crippen LogP contribution in [0.2, 0.25) is 0 Å². The minimum Gasteiger partial charge on any atom is -0.508 e. The predicted molar refractivity (Wildman–Crippen MR) is 50.4 cm³/mol. The monoisotopic (exact) mass is 201 g/mol. The van der Waals surface area contributed by atoms with Crippen LogP contribution in [0, 0.1) is 0 Å². The van der Waals surface area contributed by atoms with Gasteiger partial charge in [-0.3, -0.25) is 0 Å². The Kier molecular flexibility index (Phi) is 3.06. The number of phenols is 1. The summed E-state index contributed by atoms with van der Waals surface area (Å²) in [5.41, 5.74) is 5.74. The van der Waals surface area contributed by atoms with Crippen LogP contribution in [0.4, 0.5) is 8.78 Å². The molecule has 4 heteroatoms. The molecular weight excluding hydrogens is 188 g/mol. The number of rotatable bonds is 3. The van der Waals surface area contributed by atoms with Crippen LogP contribution in [-0.4, -0.2) is 17.1 Å². The maximum atomic E-state index is 12.7. The summed E-state index contributed by atoms with van der Waals surface area (Å²) in [5, 5.41) is 9.32. The molecule has 2 nitrogen and oxygen atoms in total. The van der Waals surface area contributed by atoms with Gasteiger partial charge in [-0.1, -0.05) is 18.2 Å². The van der Waals surface area contributed by atoms with Crippen LogP contribution in [0.1, 0.15) is 12.5 Å². The van der Waals surface area contributed by atoms with E-state index in [9.17, 15) is 13.9 Å². The zero-order chi connectivity index (χ0) is 10.8. The smallest absolute Gasteiger partial charge is 0.260 e. The Balaban J connectivity index is 2.75. The molecule has 0 aliphatic heterocycles. The number of benzene rings is 1. The van der Waals surface area contributed by atoms with Crippen LogP contribution in [0.3, 0.4) is 0 Å². The zero-order valence-corrected chi connectivity index (χ0v) is 7.87. The van der Waals surface area contributed by atoms with Gasteiger partial charge in [0.25, 0.3) is 5.92 Å². The standard InChI is InChI=1S/C10H13F2NO/c1-10(11,12)9(13)6-7-4-2-3-5-8(7)14/h2-5,9,14H,6,13H2,1H3. The molecule has 3 N–H and O–H groups in total. The normalized spacial score (nSPS) is 14.0. The first kappa shape index (κ1) is 10.9. The summed E-state index contributed by atoms with van der Waals surface area (Å²) in [4.78, 5) is 0. The number of para-hydroxylation sites is 1. The number of hydrogen-bond acceptors (Lipinski definition) is 2. The Bertz CT molecular complexity index is 309. The van der Waals surface area contributed by atoms with E-state index in [4.69, 9.17) is 5.73 Å². The van der Waals surface area contributed by atoms with Crippen LogP contribution in [-0.2, 0) is 6.42 Å². The van der Waals surface area contributed by atoms with Gasteiger partial charge in [-0.25, -0.2) is 8.78 Å². The molecule has 1 aromatic rings. The number of aromatic hydroxyl groups is 1. The first-order chi connectivity index (χ1) is 6.41. The van der Waals surface area contributed by atoms with Crippen LogP contribution in [0.25, 0.3) is 0 Å². The highest BCUT2D eigenvalue weighted by Crippen LogP contribution is 2.23. The van der Waals surface area contributed by atoms with Crippen molar-refractivity contribution in [2.24, 2.45) is 5.73 Å². The van der Waals surface area contributed by atoms with E-state index in [2.05, 4.69) is 0 Å². The molecule has 0 saturated heterocycles. The SMILES string of the molecule is CC(F)(F)C(N)Cc1ccccc1O. The largest absolute Gasteiger partial charge is 0.508 e. The topological polar surface area (TPSA) is 46.2 Å². The van der Waals surface area contributed by atoms with Gasteiger partial charge in [-0.2, -0.15) is 0 Å². The van der Waals surface area contributed by atoms with E-state index in [1.54, 1.807) is 18.2 Å². The van der Waals surface area contributed by atoms with Crippen molar-refractivity contribution in [3.63, 3.8) is 0 Å². The molecule has 0 heterocycles. The van der Waals surface area contributed by atoms with Crippen molar-refractivity contribution in [2.45, 2.75) is 25.3 Å². The minimum atomic E-state index is -2.93. The maximum absolute atomic E-state index is 12.7. The third kappa shape index (κ3) is 2.67. The molecule has 0 radical (unpaired) electrons. The van der Waals surface area contributed by atoms with Crippen molar-refractivity contribution >= 4 is 0 Å². The number of phenolic OH excluding ortho intramolecular Hbond substituents is 1. The average Bonchev–Trinajstić information content (AvgIpc) is 2.07. The Morgan fingerprint density at radius 2 is 2.00 bits per heavy atom. The van der Waals surface area contributed by atoms with Crippen molar-refractivity contribution in [3.05, 3.63) is 29.8 Å². The van der Waals surface area contributed by atoms with Gasteiger partial charge in [-0.05, 0) is 18.1 Å². The highest BCUT2D eigenvalue weighted by molar-refractivity contribution is 5.32. The Hall–Kier alpha value is -1.16. The molecular formula is C10H13F2NO. The summed E-state index contributed by atoms with van der Waals surface area (Å²) in [7, 11) is 0. The van der Waals surface area contributed by atoms with Crippen molar-refractivity contribution in [2.75, 3.05) is 0 Å². The van der Waals surface area contributed by atoms with Crippen LogP contribution >= 0.6 is 0 Å². The summed E-state index contributed by atoms with van der Waals surface area (Å²) in [6.07, 6.45) is -0.0316. The van der Waals surface area contributed by atoms with Gasteiger partial charge in [0.2, 0.25) is 0 Å². The molecule has 0 aliphatic carbocycles. The molecule has 1 aromatic carbocycles. The Morgan fingerprint density at radius 1 is 1.43 bits per heavy atom. The van der Waals surface area contributed by atoms with Gasteiger partial charge >= 0.3 is 0 Å². The Morgan fingerprint density at radius 3 is 2.50 bits per heavy atom. The Labute approximate surface area is 81.4 Å². The zero-order valence-electron chi connectivity index (χ0n) is 7.87. The maximum Gasteiger partial charge on any atom is 0.260 e. The van der Waals surface area contributed by atoms with Crippen LogP contribution in [0.15, 0.2) is 24.3 Å². The molecule has 14 heavy (non-hydrogen) atoms. The van der Waals surface area contributed by atoms with Gasteiger partial charge < -0.3 is 10.8 Å². The van der Waals surface area contributed by atoms with E-state index >= 15 is 0 Å². The fourth-order valence-electron chi connectivity index (χ4n) is 1.10. The van der Waals surface area contributed by atoms with Gasteiger partial charge in [0.1, 0.15) is 5.75 Å². The van der Waals surface area contributed by atoms with Crippen molar-refractivity contribution in [1.82, 2.24) is 0 Å². The molecule has 1 unspecified atom stereocenters. The highest BCUT2D eigenvalue weighted by atomic mass is 19.3. The van der Waals surface area contributed by atoms with Crippen molar-refractivity contribution < 1.29 is 13.9 Å². The summed E-state index contributed by atoms with van der Waals surface area (Å²) >= 11 is 0. The minimum absolute atomic E-state index is 0.00667. The third-order valence-corrected chi connectivity index (χ3v) is 2.08. The van der Waals surface area contributed by atoms with Crippen molar-refractivity contribution in [3.8, 4) is 5.75 Å². The molecule has 0 bridgehead atoms. The quantitative estimate of drug-likeness (QED) is 0.784. The molecule has 1 atom stereocenters.